The Morgan fingerprint density at radius 2 is 1.35 bits per heavy atom. The Hall–Kier alpha value is -2.16. The lowest BCUT2D eigenvalue weighted by molar-refractivity contribution is 0.390. The summed E-state index contributed by atoms with van der Waals surface area (Å²) in [6, 6.07) is 14.0. The number of benzene rings is 2. The molecule has 0 aliphatic carbocycles. The maximum atomic E-state index is 5.47. The van der Waals surface area contributed by atoms with Gasteiger partial charge < -0.3 is 14.2 Å². The van der Waals surface area contributed by atoms with Crippen molar-refractivity contribution in [1.82, 2.24) is 0 Å². The van der Waals surface area contributed by atoms with Crippen LogP contribution in [0.3, 0.4) is 0 Å². The van der Waals surface area contributed by atoms with Gasteiger partial charge in [-0.2, -0.15) is 0 Å². The third-order valence-corrected chi connectivity index (χ3v) is 3.52. The Bertz CT molecular complexity index is 561. The van der Waals surface area contributed by atoms with Crippen molar-refractivity contribution in [3.63, 3.8) is 0 Å². The third-order valence-electron chi connectivity index (χ3n) is 3.52. The second-order valence-corrected chi connectivity index (χ2v) is 4.60. The Kier molecular flexibility index (Phi) is 4.51. The fourth-order valence-corrected chi connectivity index (χ4v) is 2.25. The molecule has 20 heavy (non-hydrogen) atoms. The van der Waals surface area contributed by atoms with E-state index in [-0.39, 0.29) is 5.92 Å². The van der Waals surface area contributed by atoms with Crippen LogP contribution in [-0.2, 0) is 0 Å². The zero-order chi connectivity index (χ0) is 14.5. The Balaban J connectivity index is 2.33. The molecule has 0 saturated heterocycles. The molecule has 0 saturated carbocycles. The van der Waals surface area contributed by atoms with E-state index in [1.54, 1.807) is 21.3 Å². The average molecular weight is 272 g/mol. The highest BCUT2D eigenvalue weighted by atomic mass is 16.5. The van der Waals surface area contributed by atoms with Gasteiger partial charge >= 0.3 is 0 Å². The minimum Gasteiger partial charge on any atom is -0.497 e. The average Bonchev–Trinajstić information content (AvgIpc) is 2.53. The topological polar surface area (TPSA) is 27.7 Å². The van der Waals surface area contributed by atoms with Crippen molar-refractivity contribution in [3.8, 4) is 17.2 Å². The van der Waals surface area contributed by atoms with Crippen molar-refractivity contribution < 1.29 is 14.2 Å². The van der Waals surface area contributed by atoms with Crippen LogP contribution in [0.1, 0.15) is 24.0 Å². The smallest absolute Gasteiger partial charge is 0.126 e. The molecule has 0 heterocycles. The lowest BCUT2D eigenvalue weighted by atomic mass is 9.92. The van der Waals surface area contributed by atoms with Crippen LogP contribution in [0.5, 0.6) is 17.2 Å². The van der Waals surface area contributed by atoms with Crippen molar-refractivity contribution in [2.75, 3.05) is 21.3 Å². The quantitative estimate of drug-likeness (QED) is 0.827. The first-order valence-electron chi connectivity index (χ1n) is 6.55. The standard InChI is InChI=1S/C17H20O3/c1-12(13-5-7-14(18-2)8-6-13)16-10-9-15(19-3)11-17(16)20-4/h5-12H,1-4H3. The van der Waals surface area contributed by atoms with Gasteiger partial charge in [0.05, 0.1) is 21.3 Å². The number of methoxy groups -OCH3 is 3. The lowest BCUT2D eigenvalue weighted by Crippen LogP contribution is -2.00. The molecule has 0 bridgehead atoms. The number of hydrogen-bond acceptors (Lipinski definition) is 3. The highest BCUT2D eigenvalue weighted by Crippen LogP contribution is 2.34. The van der Waals surface area contributed by atoms with Gasteiger partial charge in [0.1, 0.15) is 17.2 Å². The van der Waals surface area contributed by atoms with E-state index in [1.807, 2.05) is 30.3 Å². The van der Waals surface area contributed by atoms with Gasteiger partial charge in [-0.05, 0) is 23.8 Å². The van der Waals surface area contributed by atoms with Crippen molar-refractivity contribution in [3.05, 3.63) is 53.6 Å². The molecule has 106 valence electrons. The molecule has 0 N–H and O–H groups in total. The van der Waals surface area contributed by atoms with Gasteiger partial charge in [-0.3, -0.25) is 0 Å². The Labute approximate surface area is 120 Å². The van der Waals surface area contributed by atoms with E-state index >= 15 is 0 Å². The highest BCUT2D eigenvalue weighted by Gasteiger charge is 2.14. The number of rotatable bonds is 5. The maximum absolute atomic E-state index is 5.47. The van der Waals surface area contributed by atoms with Crippen LogP contribution in [0.4, 0.5) is 0 Å². The predicted octanol–water partition coefficient (Wildman–Crippen LogP) is 3.86. The highest BCUT2D eigenvalue weighted by molar-refractivity contribution is 5.46. The summed E-state index contributed by atoms with van der Waals surface area (Å²) in [5.41, 5.74) is 2.35. The van der Waals surface area contributed by atoms with Gasteiger partial charge in [0.15, 0.2) is 0 Å². The summed E-state index contributed by atoms with van der Waals surface area (Å²) in [5.74, 6) is 2.74. The summed E-state index contributed by atoms with van der Waals surface area (Å²) < 4.78 is 15.9. The van der Waals surface area contributed by atoms with Crippen LogP contribution in [0.2, 0.25) is 0 Å². The lowest BCUT2D eigenvalue weighted by Gasteiger charge is -2.17. The van der Waals surface area contributed by atoms with Crippen LogP contribution in [0, 0.1) is 0 Å². The van der Waals surface area contributed by atoms with Crippen LogP contribution >= 0.6 is 0 Å². The molecule has 2 aromatic carbocycles. The van der Waals surface area contributed by atoms with Crippen LogP contribution in [0.15, 0.2) is 42.5 Å². The molecule has 3 nitrogen and oxygen atoms in total. The van der Waals surface area contributed by atoms with Gasteiger partial charge in [0.25, 0.3) is 0 Å². The second kappa shape index (κ2) is 6.33. The van der Waals surface area contributed by atoms with Crippen molar-refractivity contribution in [2.45, 2.75) is 12.8 Å². The van der Waals surface area contributed by atoms with Crippen LogP contribution in [-0.4, -0.2) is 21.3 Å². The number of ether oxygens (including phenoxy) is 3. The first-order valence-corrected chi connectivity index (χ1v) is 6.55. The molecule has 0 aliphatic heterocycles. The zero-order valence-electron chi connectivity index (χ0n) is 12.3. The largest absolute Gasteiger partial charge is 0.497 e. The fourth-order valence-electron chi connectivity index (χ4n) is 2.25. The minimum absolute atomic E-state index is 0.238. The van der Waals surface area contributed by atoms with Gasteiger partial charge in [-0.25, -0.2) is 0 Å². The molecule has 1 atom stereocenters. The van der Waals surface area contributed by atoms with E-state index in [2.05, 4.69) is 19.1 Å². The number of hydrogen-bond donors (Lipinski definition) is 0. The van der Waals surface area contributed by atoms with Gasteiger partial charge in [-0.1, -0.05) is 25.1 Å². The van der Waals surface area contributed by atoms with Crippen molar-refractivity contribution in [1.29, 1.82) is 0 Å². The first kappa shape index (κ1) is 14.3. The van der Waals surface area contributed by atoms with Crippen LogP contribution < -0.4 is 14.2 Å². The summed E-state index contributed by atoms with van der Waals surface area (Å²) >= 11 is 0. The Morgan fingerprint density at radius 3 is 1.90 bits per heavy atom. The van der Waals surface area contributed by atoms with E-state index in [9.17, 15) is 0 Å². The Morgan fingerprint density at radius 1 is 0.750 bits per heavy atom. The molecule has 0 spiro atoms. The third kappa shape index (κ3) is 2.87. The summed E-state index contributed by atoms with van der Waals surface area (Å²) in [5, 5.41) is 0. The summed E-state index contributed by atoms with van der Waals surface area (Å²) in [6.45, 7) is 2.16. The molecule has 2 rings (SSSR count). The molecule has 2 aromatic rings. The van der Waals surface area contributed by atoms with E-state index < -0.39 is 0 Å². The first-order chi connectivity index (χ1) is 9.69. The molecule has 3 heteroatoms. The molecule has 0 radical (unpaired) electrons. The van der Waals surface area contributed by atoms with Gasteiger partial charge in [0, 0.05) is 17.5 Å². The molecular weight excluding hydrogens is 252 g/mol. The predicted molar refractivity (Wildman–Crippen MR) is 80.1 cm³/mol. The second-order valence-electron chi connectivity index (χ2n) is 4.60. The molecule has 0 amide bonds. The van der Waals surface area contributed by atoms with Gasteiger partial charge in [-0.15, -0.1) is 0 Å². The monoisotopic (exact) mass is 272 g/mol. The van der Waals surface area contributed by atoms with Gasteiger partial charge in [0.2, 0.25) is 0 Å². The van der Waals surface area contributed by atoms with E-state index in [0.717, 1.165) is 22.8 Å². The molecule has 0 aliphatic rings. The van der Waals surface area contributed by atoms with Crippen molar-refractivity contribution in [2.24, 2.45) is 0 Å². The summed E-state index contributed by atoms with van der Waals surface area (Å²) in [4.78, 5) is 0. The van der Waals surface area contributed by atoms with Crippen LogP contribution in [0.25, 0.3) is 0 Å². The fraction of sp³-hybridized carbons (Fsp3) is 0.294. The minimum atomic E-state index is 0.238. The summed E-state index contributed by atoms with van der Waals surface area (Å²) in [6.07, 6.45) is 0. The molecule has 1 unspecified atom stereocenters. The SMILES string of the molecule is COc1ccc(C(C)c2ccc(OC)cc2OC)cc1. The molecule has 0 fully saturated rings. The molecule has 0 aromatic heterocycles. The molecular formula is C17H20O3. The summed E-state index contributed by atoms with van der Waals surface area (Å²) in [7, 11) is 5.01. The maximum Gasteiger partial charge on any atom is 0.126 e. The van der Waals surface area contributed by atoms with Crippen molar-refractivity contribution >= 4 is 0 Å². The zero-order valence-corrected chi connectivity index (χ0v) is 12.3. The van der Waals surface area contributed by atoms with E-state index in [1.165, 1.54) is 5.56 Å². The normalized spacial score (nSPS) is 11.8. The van der Waals surface area contributed by atoms with E-state index in [4.69, 9.17) is 14.2 Å². The van der Waals surface area contributed by atoms with E-state index in [0.29, 0.717) is 0 Å².